The van der Waals surface area contributed by atoms with E-state index in [1.165, 1.54) is 0 Å². The van der Waals surface area contributed by atoms with Gasteiger partial charge in [-0.25, -0.2) is 4.98 Å². The van der Waals surface area contributed by atoms with E-state index in [0.717, 1.165) is 10.8 Å². The van der Waals surface area contributed by atoms with E-state index in [1.807, 2.05) is 12.1 Å². The molecule has 0 bridgehead atoms. The monoisotopic (exact) mass is 164 g/mol. The molecule has 56 valence electrons. The van der Waals surface area contributed by atoms with Gasteiger partial charge in [0.25, 0.3) is 0 Å². The van der Waals surface area contributed by atoms with Crippen LogP contribution in [0.2, 0.25) is 0 Å². The van der Waals surface area contributed by atoms with Crippen molar-refractivity contribution < 1.29 is 0 Å². The molecule has 0 aliphatic heterocycles. The van der Waals surface area contributed by atoms with Crippen LogP contribution in [0.15, 0.2) is 23.4 Å². The standard InChI is InChI=1S/C8H8N2S/c1-2-11-8-4-3-7(5-9)6-10-8/h3-4,6H,2H2,1H3. The van der Waals surface area contributed by atoms with Gasteiger partial charge in [0.15, 0.2) is 0 Å². The Balaban J connectivity index is 2.76. The van der Waals surface area contributed by atoms with E-state index < -0.39 is 0 Å². The maximum Gasteiger partial charge on any atom is 0.101 e. The van der Waals surface area contributed by atoms with E-state index >= 15 is 0 Å². The molecular formula is C8H8N2S. The van der Waals surface area contributed by atoms with E-state index in [9.17, 15) is 0 Å². The highest BCUT2D eigenvalue weighted by Gasteiger charge is 1.92. The molecule has 0 saturated heterocycles. The van der Waals surface area contributed by atoms with Crippen LogP contribution in [0.4, 0.5) is 0 Å². The van der Waals surface area contributed by atoms with Crippen molar-refractivity contribution in [2.75, 3.05) is 5.75 Å². The highest BCUT2D eigenvalue weighted by Crippen LogP contribution is 2.13. The lowest BCUT2D eigenvalue weighted by molar-refractivity contribution is 1.12. The van der Waals surface area contributed by atoms with Crippen LogP contribution in [0.1, 0.15) is 12.5 Å². The Morgan fingerprint density at radius 2 is 2.45 bits per heavy atom. The number of rotatable bonds is 2. The zero-order chi connectivity index (χ0) is 8.10. The molecule has 11 heavy (non-hydrogen) atoms. The van der Waals surface area contributed by atoms with Gasteiger partial charge < -0.3 is 0 Å². The van der Waals surface area contributed by atoms with E-state index in [2.05, 4.69) is 11.9 Å². The first-order valence-corrected chi connectivity index (χ1v) is 4.34. The summed E-state index contributed by atoms with van der Waals surface area (Å²) in [5.41, 5.74) is 0.616. The number of aromatic nitrogens is 1. The van der Waals surface area contributed by atoms with Crippen molar-refractivity contribution in [1.29, 1.82) is 5.26 Å². The summed E-state index contributed by atoms with van der Waals surface area (Å²) in [6, 6.07) is 5.68. The lowest BCUT2D eigenvalue weighted by atomic mass is 10.3. The smallest absolute Gasteiger partial charge is 0.101 e. The van der Waals surface area contributed by atoms with Crippen LogP contribution in [-0.4, -0.2) is 10.7 Å². The van der Waals surface area contributed by atoms with E-state index in [0.29, 0.717) is 5.56 Å². The quantitative estimate of drug-likeness (QED) is 0.628. The Kier molecular flexibility index (Phi) is 2.94. The van der Waals surface area contributed by atoms with Gasteiger partial charge >= 0.3 is 0 Å². The van der Waals surface area contributed by atoms with E-state index in [1.54, 1.807) is 24.0 Å². The van der Waals surface area contributed by atoms with Crippen molar-refractivity contribution in [2.45, 2.75) is 11.9 Å². The molecule has 0 N–H and O–H groups in total. The third-order valence-electron chi connectivity index (χ3n) is 1.16. The summed E-state index contributed by atoms with van der Waals surface area (Å²) in [7, 11) is 0. The Morgan fingerprint density at radius 3 is 2.91 bits per heavy atom. The third kappa shape index (κ3) is 2.24. The highest BCUT2D eigenvalue weighted by molar-refractivity contribution is 7.99. The van der Waals surface area contributed by atoms with Gasteiger partial charge in [-0.1, -0.05) is 6.92 Å². The topological polar surface area (TPSA) is 36.7 Å². The van der Waals surface area contributed by atoms with Crippen molar-refractivity contribution in [3.05, 3.63) is 23.9 Å². The molecule has 2 nitrogen and oxygen atoms in total. The summed E-state index contributed by atoms with van der Waals surface area (Å²) in [6.07, 6.45) is 1.60. The summed E-state index contributed by atoms with van der Waals surface area (Å²) in [4.78, 5) is 4.08. The van der Waals surface area contributed by atoms with Crippen LogP contribution >= 0.6 is 11.8 Å². The van der Waals surface area contributed by atoms with Crippen LogP contribution in [-0.2, 0) is 0 Å². The van der Waals surface area contributed by atoms with Crippen LogP contribution in [0.25, 0.3) is 0 Å². The van der Waals surface area contributed by atoms with Gasteiger partial charge in [-0.15, -0.1) is 11.8 Å². The van der Waals surface area contributed by atoms with Crippen molar-refractivity contribution in [3.63, 3.8) is 0 Å². The number of thioether (sulfide) groups is 1. The first-order chi connectivity index (χ1) is 5.36. The van der Waals surface area contributed by atoms with Gasteiger partial charge in [0, 0.05) is 6.20 Å². The Hall–Kier alpha value is -1.01. The molecule has 0 fully saturated rings. The average molecular weight is 164 g/mol. The fourth-order valence-corrected chi connectivity index (χ4v) is 1.27. The normalized spacial score (nSPS) is 9.09. The zero-order valence-electron chi connectivity index (χ0n) is 6.24. The van der Waals surface area contributed by atoms with Gasteiger partial charge in [-0.2, -0.15) is 5.26 Å². The largest absolute Gasteiger partial charge is 0.249 e. The molecule has 0 aliphatic rings. The van der Waals surface area contributed by atoms with Crippen LogP contribution < -0.4 is 0 Å². The fraction of sp³-hybridized carbons (Fsp3) is 0.250. The number of nitrogens with zero attached hydrogens (tertiary/aromatic N) is 2. The zero-order valence-corrected chi connectivity index (χ0v) is 7.06. The molecule has 0 spiro atoms. The molecule has 1 rings (SSSR count). The van der Waals surface area contributed by atoms with Crippen molar-refractivity contribution in [2.24, 2.45) is 0 Å². The molecule has 0 amide bonds. The van der Waals surface area contributed by atoms with Gasteiger partial charge in [0.1, 0.15) is 6.07 Å². The number of pyridine rings is 1. The minimum absolute atomic E-state index is 0.616. The van der Waals surface area contributed by atoms with Crippen LogP contribution in [0.3, 0.4) is 0 Å². The Morgan fingerprint density at radius 1 is 1.64 bits per heavy atom. The van der Waals surface area contributed by atoms with E-state index in [4.69, 9.17) is 5.26 Å². The lowest BCUT2D eigenvalue weighted by Gasteiger charge is -1.94. The van der Waals surface area contributed by atoms with E-state index in [-0.39, 0.29) is 0 Å². The molecule has 0 saturated carbocycles. The molecule has 1 heterocycles. The maximum atomic E-state index is 8.46. The van der Waals surface area contributed by atoms with Crippen molar-refractivity contribution in [3.8, 4) is 6.07 Å². The predicted molar refractivity (Wildman–Crippen MR) is 45.4 cm³/mol. The van der Waals surface area contributed by atoms with Gasteiger partial charge in [0.05, 0.1) is 10.6 Å². The second-order valence-corrected chi connectivity index (χ2v) is 3.21. The molecule has 3 heteroatoms. The maximum absolute atomic E-state index is 8.46. The Bertz CT molecular complexity index is 260. The molecular weight excluding hydrogens is 156 g/mol. The first-order valence-electron chi connectivity index (χ1n) is 3.35. The fourth-order valence-electron chi connectivity index (χ4n) is 0.680. The number of nitriles is 1. The molecule has 1 aromatic rings. The minimum atomic E-state index is 0.616. The second-order valence-electron chi connectivity index (χ2n) is 1.93. The summed E-state index contributed by atoms with van der Waals surface area (Å²) < 4.78 is 0. The Labute approximate surface area is 70.3 Å². The van der Waals surface area contributed by atoms with Crippen molar-refractivity contribution >= 4 is 11.8 Å². The summed E-state index contributed by atoms with van der Waals surface area (Å²) in [5.74, 6) is 1.01. The molecule has 1 aromatic heterocycles. The molecule has 0 aromatic carbocycles. The lowest BCUT2D eigenvalue weighted by Crippen LogP contribution is -1.81. The predicted octanol–water partition coefficient (Wildman–Crippen LogP) is 2.07. The second kappa shape index (κ2) is 3.99. The van der Waals surface area contributed by atoms with Crippen LogP contribution in [0, 0.1) is 11.3 Å². The van der Waals surface area contributed by atoms with Crippen molar-refractivity contribution in [1.82, 2.24) is 4.98 Å². The van der Waals surface area contributed by atoms with Gasteiger partial charge in [0.2, 0.25) is 0 Å². The summed E-state index contributed by atoms with van der Waals surface area (Å²) in [6.45, 7) is 2.07. The van der Waals surface area contributed by atoms with Crippen LogP contribution in [0.5, 0.6) is 0 Å². The number of hydrogen-bond donors (Lipinski definition) is 0. The average Bonchev–Trinajstić information content (AvgIpc) is 2.07. The van der Waals surface area contributed by atoms with Gasteiger partial charge in [-0.3, -0.25) is 0 Å². The summed E-state index contributed by atoms with van der Waals surface area (Å²) >= 11 is 1.67. The SMILES string of the molecule is CCSc1ccc(C#N)cn1. The molecule has 0 unspecified atom stereocenters. The molecule has 0 aliphatic carbocycles. The number of hydrogen-bond acceptors (Lipinski definition) is 3. The minimum Gasteiger partial charge on any atom is -0.249 e. The first kappa shape index (κ1) is 8.09. The highest BCUT2D eigenvalue weighted by atomic mass is 32.2. The molecule has 0 atom stereocenters. The molecule has 0 radical (unpaired) electrons. The van der Waals surface area contributed by atoms with Gasteiger partial charge in [-0.05, 0) is 17.9 Å². The third-order valence-corrected chi connectivity index (χ3v) is 1.98. The summed E-state index contributed by atoms with van der Waals surface area (Å²) in [5, 5.41) is 9.44.